The second-order valence-electron chi connectivity index (χ2n) is 13.9. The van der Waals surface area contributed by atoms with Crippen LogP contribution in [0, 0.1) is 11.3 Å². The Morgan fingerprint density at radius 1 is 1.04 bits per heavy atom. The van der Waals surface area contributed by atoms with Crippen molar-refractivity contribution in [2.24, 2.45) is 11.3 Å². The van der Waals surface area contributed by atoms with E-state index in [9.17, 15) is 24.3 Å². The van der Waals surface area contributed by atoms with Gasteiger partial charge in [0.05, 0.1) is 13.7 Å². The number of hydrogen-bond acceptors (Lipinski definition) is 7. The van der Waals surface area contributed by atoms with Crippen molar-refractivity contribution in [1.29, 1.82) is 0 Å². The zero-order chi connectivity index (χ0) is 33.4. The lowest BCUT2D eigenvalue weighted by atomic mass is 9.85. The molecule has 5 atom stereocenters. The number of likely N-dealkylation sites (tertiary alicyclic amines) is 1. The Labute approximate surface area is 269 Å². The van der Waals surface area contributed by atoms with E-state index in [1.165, 1.54) is 18.1 Å². The van der Waals surface area contributed by atoms with Crippen molar-refractivity contribution >= 4 is 34.6 Å². The molecule has 3 fully saturated rings. The van der Waals surface area contributed by atoms with Gasteiger partial charge in [-0.2, -0.15) is 0 Å². The van der Waals surface area contributed by atoms with Crippen LogP contribution in [0.2, 0.25) is 0 Å². The lowest BCUT2D eigenvalue weighted by Gasteiger charge is -2.36. The molecule has 2 aromatic rings. The minimum Gasteiger partial charge on any atom is -0.497 e. The molecule has 248 valence electrons. The molecule has 3 amide bonds. The summed E-state index contributed by atoms with van der Waals surface area (Å²) in [5.74, 6) is -1.97. The first-order chi connectivity index (χ1) is 21.8. The molecular formula is C35H45N3O8. The van der Waals surface area contributed by atoms with Gasteiger partial charge in [0.1, 0.15) is 35.1 Å². The maximum Gasteiger partial charge on any atom is 0.408 e. The minimum atomic E-state index is -1.49. The number of carbonyl (C=O) groups is 4. The van der Waals surface area contributed by atoms with Crippen molar-refractivity contribution in [2.45, 2.75) is 88.6 Å². The van der Waals surface area contributed by atoms with Crippen molar-refractivity contribution in [3.05, 3.63) is 54.6 Å². The number of ether oxygens (including phenoxy) is 3. The Morgan fingerprint density at radius 2 is 1.72 bits per heavy atom. The number of nitrogens with zero attached hydrogens (tertiary/aromatic N) is 1. The smallest absolute Gasteiger partial charge is 0.408 e. The van der Waals surface area contributed by atoms with Gasteiger partial charge in [-0.1, -0.05) is 45.0 Å². The van der Waals surface area contributed by atoms with Crippen molar-refractivity contribution in [1.82, 2.24) is 15.5 Å². The van der Waals surface area contributed by atoms with E-state index in [0.717, 1.165) is 42.0 Å². The molecule has 1 unspecified atom stereocenters. The summed E-state index contributed by atoms with van der Waals surface area (Å²) in [6.07, 6.45) is 4.45. The zero-order valence-electron chi connectivity index (χ0n) is 27.3. The number of hydrogen-bond donors (Lipinski definition) is 3. The molecule has 11 heteroatoms. The molecule has 2 saturated carbocycles. The molecule has 3 aliphatic rings. The highest BCUT2D eigenvalue weighted by Gasteiger charge is 2.62. The van der Waals surface area contributed by atoms with Crippen LogP contribution in [-0.4, -0.2) is 78.4 Å². The van der Waals surface area contributed by atoms with E-state index in [1.54, 1.807) is 7.11 Å². The normalized spacial score (nSPS) is 26.8. The number of nitrogens with one attached hydrogen (secondary N) is 2. The Bertz CT molecular complexity index is 1530. The minimum absolute atomic E-state index is 0.00102. The third kappa shape index (κ3) is 6.29. The number of alkyl carbamates (subject to hydrolysis) is 1. The van der Waals surface area contributed by atoms with Crippen molar-refractivity contribution in [3.8, 4) is 5.75 Å². The summed E-state index contributed by atoms with van der Waals surface area (Å²) in [5.41, 5.74) is -2.58. The molecule has 1 heterocycles. The fourth-order valence-corrected chi connectivity index (χ4v) is 6.89. The van der Waals surface area contributed by atoms with E-state index in [2.05, 4.69) is 17.2 Å². The van der Waals surface area contributed by atoms with Crippen LogP contribution in [0.5, 0.6) is 5.75 Å². The number of carbonyl (C=O) groups excluding carboxylic acids is 3. The van der Waals surface area contributed by atoms with E-state index in [1.807, 2.05) is 57.2 Å². The van der Waals surface area contributed by atoms with E-state index in [4.69, 9.17) is 14.2 Å². The summed E-state index contributed by atoms with van der Waals surface area (Å²) < 4.78 is 17.2. The molecule has 1 saturated heterocycles. The van der Waals surface area contributed by atoms with Gasteiger partial charge in [0.25, 0.3) is 0 Å². The van der Waals surface area contributed by atoms with Gasteiger partial charge in [0, 0.05) is 19.4 Å². The SMILES string of the molecule is C=CC1C[C@]1(NC(=O)[C@@H]1C[C@@](OC)(c2ccc3cc(OC)ccc3c2)CN1C(=O)[C@@H](NC(=O)OC1CCCC1)C(C)(C)C)C(=O)O. The fraction of sp³-hybridized carbons (Fsp3) is 0.543. The number of amides is 3. The molecule has 5 rings (SSSR count). The van der Waals surface area contributed by atoms with Gasteiger partial charge in [-0.15, -0.1) is 6.58 Å². The van der Waals surface area contributed by atoms with Gasteiger partial charge in [0.15, 0.2) is 0 Å². The van der Waals surface area contributed by atoms with E-state index in [0.29, 0.717) is 5.75 Å². The lowest BCUT2D eigenvalue weighted by Crippen LogP contribution is -2.59. The summed E-state index contributed by atoms with van der Waals surface area (Å²) in [4.78, 5) is 55.2. The lowest BCUT2D eigenvalue weighted by molar-refractivity contribution is -0.146. The standard InChI is InChI=1S/C35H45N3O8/c1-7-23-18-35(23,31(41)42)37-29(39)27-19-34(45-6,24-14-12-22-17-26(44-5)15-13-21(22)16-24)20-38(27)30(40)28(33(2,3)4)36-32(43)46-25-10-8-9-11-25/h7,12-17,23,25,27-28H,1,8-11,18-20H2,2-6H3,(H,36,43)(H,37,39)(H,41,42)/t23?,27-,28+,34-,35+/m0/s1. The van der Waals surface area contributed by atoms with Crippen LogP contribution < -0.4 is 15.4 Å². The number of carboxylic acids is 1. The molecule has 3 N–H and O–H groups in total. The van der Waals surface area contributed by atoms with E-state index < -0.39 is 58.4 Å². The fourth-order valence-electron chi connectivity index (χ4n) is 6.89. The third-order valence-electron chi connectivity index (χ3n) is 9.85. The molecule has 0 bridgehead atoms. The Hall–Kier alpha value is -4.12. The average Bonchev–Trinajstić information content (AvgIpc) is 3.31. The van der Waals surface area contributed by atoms with Gasteiger partial charge in [-0.05, 0) is 72.1 Å². The first-order valence-corrected chi connectivity index (χ1v) is 15.9. The molecule has 11 nitrogen and oxygen atoms in total. The maximum absolute atomic E-state index is 14.5. The van der Waals surface area contributed by atoms with Gasteiger partial charge < -0.3 is 34.9 Å². The first-order valence-electron chi connectivity index (χ1n) is 15.9. The van der Waals surface area contributed by atoms with Gasteiger partial charge in [-0.3, -0.25) is 9.59 Å². The van der Waals surface area contributed by atoms with E-state index in [-0.39, 0.29) is 25.5 Å². The zero-order valence-corrected chi connectivity index (χ0v) is 27.3. The Balaban J connectivity index is 1.50. The number of benzene rings is 2. The Morgan fingerprint density at radius 3 is 2.30 bits per heavy atom. The van der Waals surface area contributed by atoms with Crippen LogP contribution in [0.1, 0.15) is 64.9 Å². The van der Waals surface area contributed by atoms with Crippen molar-refractivity contribution < 1.29 is 38.5 Å². The molecular weight excluding hydrogens is 590 g/mol. The summed E-state index contributed by atoms with van der Waals surface area (Å²) in [6.45, 7) is 9.20. The summed E-state index contributed by atoms with van der Waals surface area (Å²) in [5, 5.41) is 17.4. The number of rotatable bonds is 10. The quantitative estimate of drug-likeness (QED) is 0.324. The van der Waals surface area contributed by atoms with Crippen LogP contribution in [0.3, 0.4) is 0 Å². The highest BCUT2D eigenvalue weighted by molar-refractivity contribution is 5.96. The topological polar surface area (TPSA) is 144 Å². The largest absolute Gasteiger partial charge is 0.497 e. The van der Waals surface area contributed by atoms with Crippen molar-refractivity contribution in [3.63, 3.8) is 0 Å². The molecule has 0 aromatic heterocycles. The summed E-state index contributed by atoms with van der Waals surface area (Å²) >= 11 is 0. The third-order valence-corrected chi connectivity index (χ3v) is 9.85. The number of fused-ring (bicyclic) bond motifs is 1. The number of methoxy groups -OCH3 is 2. The van der Waals surface area contributed by atoms with Crippen LogP contribution in [0.25, 0.3) is 10.8 Å². The highest BCUT2D eigenvalue weighted by Crippen LogP contribution is 2.46. The average molecular weight is 636 g/mol. The summed E-state index contributed by atoms with van der Waals surface area (Å²) in [7, 11) is 3.14. The first kappa shape index (κ1) is 33.2. The van der Waals surface area contributed by atoms with Gasteiger partial charge in [-0.25, -0.2) is 9.59 Å². The van der Waals surface area contributed by atoms with Crippen LogP contribution >= 0.6 is 0 Å². The number of carboxylic acid groups (broad SMARTS) is 1. The van der Waals surface area contributed by atoms with Crippen LogP contribution in [0.15, 0.2) is 49.1 Å². The maximum atomic E-state index is 14.5. The second-order valence-corrected chi connectivity index (χ2v) is 13.9. The van der Waals surface area contributed by atoms with Gasteiger partial charge in [0.2, 0.25) is 11.8 Å². The van der Waals surface area contributed by atoms with Crippen LogP contribution in [0.4, 0.5) is 4.79 Å². The summed E-state index contributed by atoms with van der Waals surface area (Å²) in [6, 6.07) is 9.38. The predicted molar refractivity (Wildman–Crippen MR) is 171 cm³/mol. The Kier molecular flexibility index (Phi) is 9.10. The highest BCUT2D eigenvalue weighted by atomic mass is 16.6. The predicted octanol–water partition coefficient (Wildman–Crippen LogP) is 4.52. The van der Waals surface area contributed by atoms with Crippen molar-refractivity contribution in [2.75, 3.05) is 20.8 Å². The van der Waals surface area contributed by atoms with Crippen LogP contribution in [-0.2, 0) is 29.5 Å². The molecule has 0 spiro atoms. The van der Waals surface area contributed by atoms with Gasteiger partial charge >= 0.3 is 12.1 Å². The van der Waals surface area contributed by atoms with E-state index >= 15 is 0 Å². The monoisotopic (exact) mass is 635 g/mol. The molecule has 0 radical (unpaired) electrons. The molecule has 46 heavy (non-hydrogen) atoms. The molecule has 1 aliphatic heterocycles. The number of aliphatic carboxylic acids is 1. The molecule has 2 aromatic carbocycles. The molecule has 2 aliphatic carbocycles. The second kappa shape index (κ2) is 12.6.